The maximum absolute atomic E-state index is 11.6. The molecule has 0 bridgehead atoms. The molecular formula is C15H23N3O3. The van der Waals surface area contributed by atoms with E-state index in [-0.39, 0.29) is 6.04 Å². The number of methoxy groups -OCH3 is 1. The molecule has 6 heteroatoms. The fourth-order valence-corrected chi connectivity index (χ4v) is 2.46. The van der Waals surface area contributed by atoms with Crippen LogP contribution in [0.5, 0.6) is 0 Å². The average molecular weight is 293 g/mol. The summed E-state index contributed by atoms with van der Waals surface area (Å²) in [6.45, 7) is 6.47. The summed E-state index contributed by atoms with van der Waals surface area (Å²) in [5.74, 6) is -0.419. The van der Waals surface area contributed by atoms with E-state index < -0.39 is 5.97 Å². The Labute approximate surface area is 125 Å². The third-order valence-electron chi connectivity index (χ3n) is 3.55. The number of morpholine rings is 1. The Hall–Kier alpha value is -1.79. The minimum Gasteiger partial charge on any atom is -0.465 e. The van der Waals surface area contributed by atoms with Crippen LogP contribution in [-0.2, 0) is 9.47 Å². The number of hydrogen-bond donors (Lipinski definition) is 2. The molecule has 1 fully saturated rings. The van der Waals surface area contributed by atoms with Crippen LogP contribution in [0.1, 0.15) is 17.3 Å². The SMILES string of the molecule is COC(=O)c1cccc(NC(C)CN2CCOCC2)c1N. The van der Waals surface area contributed by atoms with Crippen molar-refractivity contribution in [3.63, 3.8) is 0 Å². The minimum absolute atomic E-state index is 0.221. The molecule has 3 N–H and O–H groups in total. The number of anilines is 2. The van der Waals surface area contributed by atoms with Crippen molar-refractivity contribution in [1.29, 1.82) is 0 Å². The number of carbonyl (C=O) groups excluding carboxylic acids is 1. The van der Waals surface area contributed by atoms with Crippen LogP contribution in [0.25, 0.3) is 0 Å². The summed E-state index contributed by atoms with van der Waals surface area (Å²) in [4.78, 5) is 14.0. The second-order valence-corrected chi connectivity index (χ2v) is 5.22. The van der Waals surface area contributed by atoms with Gasteiger partial charge in [0.1, 0.15) is 0 Å². The molecule has 1 unspecified atom stereocenters. The fraction of sp³-hybridized carbons (Fsp3) is 0.533. The standard InChI is InChI=1S/C15H23N3O3/c1-11(10-18-6-8-21-9-7-18)17-13-5-3-4-12(14(13)16)15(19)20-2/h3-5,11,17H,6-10,16H2,1-2H3. The first-order valence-electron chi connectivity index (χ1n) is 7.15. The number of nitrogen functional groups attached to an aromatic ring is 1. The number of nitrogens with two attached hydrogens (primary N) is 1. The van der Waals surface area contributed by atoms with Gasteiger partial charge in [-0.15, -0.1) is 0 Å². The van der Waals surface area contributed by atoms with Crippen LogP contribution in [0.15, 0.2) is 18.2 Å². The van der Waals surface area contributed by atoms with Gasteiger partial charge in [0.15, 0.2) is 0 Å². The molecule has 0 saturated carbocycles. The molecule has 6 nitrogen and oxygen atoms in total. The molecule has 0 spiro atoms. The van der Waals surface area contributed by atoms with E-state index in [4.69, 9.17) is 15.2 Å². The molecule has 0 amide bonds. The number of hydrogen-bond acceptors (Lipinski definition) is 6. The van der Waals surface area contributed by atoms with Crippen LogP contribution in [0, 0.1) is 0 Å². The zero-order valence-electron chi connectivity index (χ0n) is 12.6. The highest BCUT2D eigenvalue weighted by molar-refractivity contribution is 5.98. The average Bonchev–Trinajstić information content (AvgIpc) is 2.49. The largest absolute Gasteiger partial charge is 0.465 e. The van der Waals surface area contributed by atoms with E-state index in [1.54, 1.807) is 12.1 Å². The third-order valence-corrected chi connectivity index (χ3v) is 3.55. The molecular weight excluding hydrogens is 270 g/mol. The second-order valence-electron chi connectivity index (χ2n) is 5.22. The first-order valence-corrected chi connectivity index (χ1v) is 7.15. The summed E-state index contributed by atoms with van der Waals surface area (Å²) in [6.07, 6.45) is 0. The number of ether oxygens (including phenoxy) is 2. The zero-order chi connectivity index (χ0) is 15.2. The Balaban J connectivity index is 1.99. The lowest BCUT2D eigenvalue weighted by molar-refractivity contribution is 0.0368. The number of para-hydroxylation sites is 1. The van der Waals surface area contributed by atoms with Gasteiger partial charge >= 0.3 is 5.97 Å². The van der Waals surface area contributed by atoms with E-state index in [0.29, 0.717) is 11.3 Å². The van der Waals surface area contributed by atoms with Gasteiger partial charge in [-0.1, -0.05) is 6.07 Å². The van der Waals surface area contributed by atoms with Crippen LogP contribution in [0.2, 0.25) is 0 Å². The smallest absolute Gasteiger partial charge is 0.340 e. The van der Waals surface area contributed by atoms with Crippen molar-refractivity contribution in [1.82, 2.24) is 4.90 Å². The Morgan fingerprint density at radius 2 is 2.19 bits per heavy atom. The maximum atomic E-state index is 11.6. The topological polar surface area (TPSA) is 76.8 Å². The van der Waals surface area contributed by atoms with Gasteiger partial charge in [-0.3, -0.25) is 4.90 Å². The van der Waals surface area contributed by atoms with Crippen LogP contribution in [0.4, 0.5) is 11.4 Å². The van der Waals surface area contributed by atoms with Gasteiger partial charge in [-0.2, -0.15) is 0 Å². The lowest BCUT2D eigenvalue weighted by atomic mass is 10.1. The quantitative estimate of drug-likeness (QED) is 0.627. The normalized spacial score (nSPS) is 17.2. The van der Waals surface area contributed by atoms with Crippen molar-refractivity contribution < 1.29 is 14.3 Å². The molecule has 1 aliphatic heterocycles. The molecule has 0 aliphatic carbocycles. The van der Waals surface area contributed by atoms with E-state index in [1.807, 2.05) is 6.07 Å². The van der Waals surface area contributed by atoms with E-state index >= 15 is 0 Å². The van der Waals surface area contributed by atoms with E-state index in [2.05, 4.69) is 17.1 Å². The van der Waals surface area contributed by atoms with Crippen LogP contribution >= 0.6 is 0 Å². The van der Waals surface area contributed by atoms with E-state index in [1.165, 1.54) is 7.11 Å². The Morgan fingerprint density at radius 1 is 1.48 bits per heavy atom. The molecule has 1 aliphatic rings. The van der Waals surface area contributed by atoms with Gasteiger partial charge in [0.25, 0.3) is 0 Å². The van der Waals surface area contributed by atoms with Crippen LogP contribution < -0.4 is 11.1 Å². The Morgan fingerprint density at radius 3 is 2.86 bits per heavy atom. The molecule has 1 aromatic carbocycles. The van der Waals surface area contributed by atoms with Gasteiger partial charge in [0.2, 0.25) is 0 Å². The van der Waals surface area contributed by atoms with Gasteiger partial charge in [0.05, 0.1) is 37.3 Å². The first kappa shape index (κ1) is 15.6. The van der Waals surface area contributed by atoms with Crippen LogP contribution in [-0.4, -0.2) is 56.9 Å². The monoisotopic (exact) mass is 293 g/mol. The predicted molar refractivity (Wildman–Crippen MR) is 82.5 cm³/mol. The fourth-order valence-electron chi connectivity index (χ4n) is 2.46. The molecule has 1 aromatic rings. The highest BCUT2D eigenvalue weighted by atomic mass is 16.5. The summed E-state index contributed by atoms with van der Waals surface area (Å²) in [5, 5.41) is 3.36. The second kappa shape index (κ2) is 7.28. The molecule has 1 atom stereocenters. The molecule has 0 aromatic heterocycles. The molecule has 0 radical (unpaired) electrons. The Bertz CT molecular complexity index is 487. The van der Waals surface area contributed by atoms with Crippen molar-refractivity contribution in [2.75, 3.05) is 51.0 Å². The molecule has 1 heterocycles. The summed E-state index contributed by atoms with van der Waals surface area (Å²) < 4.78 is 10.1. The molecule has 1 saturated heterocycles. The van der Waals surface area contributed by atoms with Gasteiger partial charge in [0, 0.05) is 25.7 Å². The van der Waals surface area contributed by atoms with Crippen molar-refractivity contribution in [3.05, 3.63) is 23.8 Å². The van der Waals surface area contributed by atoms with E-state index in [9.17, 15) is 4.79 Å². The maximum Gasteiger partial charge on any atom is 0.340 e. The van der Waals surface area contributed by atoms with Crippen LogP contribution in [0.3, 0.4) is 0 Å². The van der Waals surface area contributed by atoms with Crippen molar-refractivity contribution in [2.45, 2.75) is 13.0 Å². The molecule has 21 heavy (non-hydrogen) atoms. The highest BCUT2D eigenvalue weighted by Crippen LogP contribution is 2.24. The summed E-state index contributed by atoms with van der Waals surface area (Å²) >= 11 is 0. The van der Waals surface area contributed by atoms with Crippen molar-refractivity contribution in [2.24, 2.45) is 0 Å². The lowest BCUT2D eigenvalue weighted by Crippen LogP contribution is -2.42. The summed E-state index contributed by atoms with van der Waals surface area (Å²) in [6, 6.07) is 5.56. The number of esters is 1. The third kappa shape index (κ3) is 4.09. The zero-order valence-corrected chi connectivity index (χ0v) is 12.6. The van der Waals surface area contributed by atoms with Crippen molar-refractivity contribution >= 4 is 17.3 Å². The molecule has 2 rings (SSSR count). The lowest BCUT2D eigenvalue weighted by Gasteiger charge is -2.30. The minimum atomic E-state index is -0.419. The van der Waals surface area contributed by atoms with E-state index in [0.717, 1.165) is 38.5 Å². The van der Waals surface area contributed by atoms with Gasteiger partial charge < -0.3 is 20.5 Å². The highest BCUT2D eigenvalue weighted by Gasteiger charge is 2.16. The molecule has 116 valence electrons. The number of rotatable bonds is 5. The number of benzene rings is 1. The van der Waals surface area contributed by atoms with Gasteiger partial charge in [-0.05, 0) is 19.1 Å². The van der Waals surface area contributed by atoms with Gasteiger partial charge in [-0.25, -0.2) is 4.79 Å². The number of nitrogens with one attached hydrogen (secondary N) is 1. The number of nitrogens with zero attached hydrogens (tertiary/aromatic N) is 1. The van der Waals surface area contributed by atoms with Crippen molar-refractivity contribution in [3.8, 4) is 0 Å². The summed E-state index contributed by atoms with van der Waals surface area (Å²) in [7, 11) is 1.35. The number of carbonyl (C=O) groups is 1. The first-order chi connectivity index (χ1) is 10.1. The Kier molecular flexibility index (Phi) is 5.41. The summed E-state index contributed by atoms with van der Waals surface area (Å²) in [5.41, 5.74) is 7.63. The predicted octanol–water partition coefficient (Wildman–Crippen LogP) is 1.19.